The van der Waals surface area contributed by atoms with E-state index in [9.17, 15) is 4.39 Å². The molecule has 0 N–H and O–H groups in total. The van der Waals surface area contributed by atoms with Gasteiger partial charge in [0.25, 0.3) is 8.32 Å². The highest BCUT2D eigenvalue weighted by Gasteiger charge is 2.47. The van der Waals surface area contributed by atoms with Gasteiger partial charge in [0, 0.05) is 11.1 Å². The molecule has 0 bridgehead atoms. The quantitative estimate of drug-likeness (QED) is 0.521. The van der Waals surface area contributed by atoms with E-state index in [0.717, 1.165) is 16.9 Å². The Morgan fingerprint density at radius 1 is 0.960 bits per heavy atom. The summed E-state index contributed by atoms with van der Waals surface area (Å²) < 4.78 is 21.6. The van der Waals surface area contributed by atoms with Crippen LogP contribution in [0.3, 0.4) is 0 Å². The minimum absolute atomic E-state index is 0.493. The third kappa shape index (κ3) is 2.83. The predicted molar refractivity (Wildman–Crippen MR) is 105 cm³/mol. The molecule has 1 unspecified atom stereocenters. The van der Waals surface area contributed by atoms with Crippen LogP contribution in [-0.2, 0) is 0 Å². The second-order valence-electron chi connectivity index (χ2n) is 8.03. The molecule has 1 aliphatic rings. The van der Waals surface area contributed by atoms with Crippen LogP contribution in [0.4, 0.5) is 4.39 Å². The minimum Gasteiger partial charge on any atom is -0.543 e. The molecule has 0 spiro atoms. The predicted octanol–water partition coefficient (Wildman–Crippen LogP) is 7.08. The summed E-state index contributed by atoms with van der Waals surface area (Å²) in [5, 5.41) is 0. The standard InChI is InChI=1S/C22H28FOSi/c1-14(2)25(15(3)4,16(5)6)24-17-11-12-19-18-9-7-8-10-20(18)22(23)21(19)13-17/h7-9,11-16,22H,1-6H3. The van der Waals surface area contributed by atoms with E-state index in [4.69, 9.17) is 4.43 Å². The number of benzene rings is 2. The number of fused-ring (bicyclic) bond motifs is 3. The molecular weight excluding hydrogens is 327 g/mol. The molecule has 133 valence electrons. The van der Waals surface area contributed by atoms with Crippen LogP contribution in [0.2, 0.25) is 16.6 Å². The van der Waals surface area contributed by atoms with Gasteiger partial charge in [-0.1, -0.05) is 65.8 Å². The Morgan fingerprint density at radius 2 is 1.60 bits per heavy atom. The molecule has 0 saturated carbocycles. The van der Waals surface area contributed by atoms with Crippen LogP contribution in [0.5, 0.6) is 5.75 Å². The lowest BCUT2D eigenvalue weighted by Gasteiger charge is -2.42. The fourth-order valence-electron chi connectivity index (χ4n) is 4.67. The fourth-order valence-corrected chi connectivity index (χ4v) is 9.91. The van der Waals surface area contributed by atoms with Gasteiger partial charge in [-0.15, -0.1) is 0 Å². The van der Waals surface area contributed by atoms with Crippen LogP contribution < -0.4 is 4.43 Å². The average Bonchev–Trinajstić information content (AvgIpc) is 2.84. The lowest BCUT2D eigenvalue weighted by atomic mass is 10.1. The minimum atomic E-state index is -2.03. The summed E-state index contributed by atoms with van der Waals surface area (Å²) in [6.45, 7) is 13.6. The summed E-state index contributed by atoms with van der Waals surface area (Å²) in [7, 11) is -2.03. The zero-order chi connectivity index (χ0) is 18.4. The smallest absolute Gasteiger partial charge is 0.258 e. The number of rotatable bonds is 5. The first kappa shape index (κ1) is 18.2. The highest BCUT2D eigenvalue weighted by molar-refractivity contribution is 6.78. The second-order valence-corrected chi connectivity index (χ2v) is 13.4. The normalized spacial score (nSPS) is 16.5. The van der Waals surface area contributed by atoms with Gasteiger partial charge in [-0.3, -0.25) is 0 Å². The average molecular weight is 356 g/mol. The van der Waals surface area contributed by atoms with Crippen LogP contribution in [0.25, 0.3) is 11.1 Å². The van der Waals surface area contributed by atoms with E-state index >= 15 is 0 Å². The Hall–Kier alpha value is -1.61. The van der Waals surface area contributed by atoms with Gasteiger partial charge in [-0.2, -0.15) is 0 Å². The maximum absolute atomic E-state index is 14.9. The fraction of sp³-hybridized carbons (Fsp3) is 0.455. The number of hydrogen-bond donors (Lipinski definition) is 0. The van der Waals surface area contributed by atoms with E-state index in [1.807, 2.05) is 30.3 Å². The maximum atomic E-state index is 14.9. The topological polar surface area (TPSA) is 9.23 Å². The first-order valence-electron chi connectivity index (χ1n) is 9.27. The lowest BCUT2D eigenvalue weighted by Crippen LogP contribution is -2.50. The zero-order valence-electron chi connectivity index (χ0n) is 16.1. The van der Waals surface area contributed by atoms with Gasteiger partial charge in [0.15, 0.2) is 6.17 Å². The summed E-state index contributed by atoms with van der Waals surface area (Å²) >= 11 is 0. The summed E-state index contributed by atoms with van der Waals surface area (Å²) in [6.07, 6.45) is -1.11. The van der Waals surface area contributed by atoms with E-state index in [0.29, 0.717) is 27.8 Å². The van der Waals surface area contributed by atoms with Crippen molar-refractivity contribution in [3.05, 3.63) is 53.6 Å². The van der Waals surface area contributed by atoms with Crippen LogP contribution in [0.15, 0.2) is 36.4 Å². The summed E-state index contributed by atoms with van der Waals surface area (Å²) in [6, 6.07) is 14.7. The SMILES string of the molecule is CC(C)[Si](Oc1ccc2c(c1)C(F)c1[c]cccc1-2)(C(C)C)C(C)C. The molecule has 25 heavy (non-hydrogen) atoms. The highest BCUT2D eigenvalue weighted by atomic mass is 28.4. The largest absolute Gasteiger partial charge is 0.543 e. The van der Waals surface area contributed by atoms with E-state index in [1.54, 1.807) is 6.07 Å². The number of hydrogen-bond acceptors (Lipinski definition) is 1. The monoisotopic (exact) mass is 355 g/mol. The van der Waals surface area contributed by atoms with Gasteiger partial charge < -0.3 is 4.43 Å². The zero-order valence-corrected chi connectivity index (χ0v) is 17.1. The first-order valence-corrected chi connectivity index (χ1v) is 11.4. The van der Waals surface area contributed by atoms with E-state index in [-0.39, 0.29) is 0 Å². The Morgan fingerprint density at radius 3 is 2.20 bits per heavy atom. The van der Waals surface area contributed by atoms with Crippen molar-refractivity contribution >= 4 is 8.32 Å². The van der Waals surface area contributed by atoms with Crippen molar-refractivity contribution in [2.75, 3.05) is 0 Å². The van der Waals surface area contributed by atoms with Gasteiger partial charge in [-0.05, 0) is 45.9 Å². The van der Waals surface area contributed by atoms with Crippen LogP contribution >= 0.6 is 0 Å². The Balaban J connectivity index is 2.01. The van der Waals surface area contributed by atoms with Crippen molar-refractivity contribution in [2.24, 2.45) is 0 Å². The Labute approximate surface area is 152 Å². The molecule has 0 amide bonds. The second kappa shape index (κ2) is 6.60. The van der Waals surface area contributed by atoms with Crippen LogP contribution in [0.1, 0.15) is 58.8 Å². The van der Waals surface area contributed by atoms with E-state index in [1.165, 1.54) is 0 Å². The molecule has 2 aromatic carbocycles. The molecule has 0 aliphatic heterocycles. The summed E-state index contributed by atoms with van der Waals surface area (Å²) in [4.78, 5) is 0. The van der Waals surface area contributed by atoms with Crippen molar-refractivity contribution in [1.29, 1.82) is 0 Å². The van der Waals surface area contributed by atoms with Gasteiger partial charge in [0.05, 0.1) is 0 Å². The molecular formula is C22H28FOSi. The van der Waals surface area contributed by atoms with Gasteiger partial charge in [0.2, 0.25) is 0 Å². The molecule has 3 rings (SSSR count). The molecule has 1 radical (unpaired) electrons. The summed E-state index contributed by atoms with van der Waals surface area (Å²) in [5.74, 6) is 0.817. The van der Waals surface area contributed by atoms with Gasteiger partial charge in [-0.25, -0.2) is 4.39 Å². The van der Waals surface area contributed by atoms with Crippen molar-refractivity contribution in [1.82, 2.24) is 0 Å². The lowest BCUT2D eigenvalue weighted by molar-refractivity contribution is 0.407. The van der Waals surface area contributed by atoms with Crippen LogP contribution in [-0.4, -0.2) is 8.32 Å². The molecule has 0 aromatic heterocycles. The maximum Gasteiger partial charge on any atom is 0.258 e. The molecule has 3 heteroatoms. The van der Waals surface area contributed by atoms with Gasteiger partial charge in [0.1, 0.15) is 5.75 Å². The molecule has 2 aromatic rings. The van der Waals surface area contributed by atoms with Crippen molar-refractivity contribution < 1.29 is 8.82 Å². The molecule has 0 fully saturated rings. The van der Waals surface area contributed by atoms with E-state index in [2.05, 4.69) is 47.6 Å². The van der Waals surface area contributed by atoms with Gasteiger partial charge >= 0.3 is 0 Å². The third-order valence-electron chi connectivity index (χ3n) is 5.73. The van der Waals surface area contributed by atoms with E-state index < -0.39 is 14.5 Å². The third-order valence-corrected chi connectivity index (χ3v) is 11.7. The van der Waals surface area contributed by atoms with Crippen molar-refractivity contribution in [3.8, 4) is 16.9 Å². The Kier molecular flexibility index (Phi) is 4.80. The highest BCUT2D eigenvalue weighted by Crippen LogP contribution is 2.48. The number of halogens is 1. The van der Waals surface area contributed by atoms with Crippen molar-refractivity contribution in [2.45, 2.75) is 64.3 Å². The molecule has 0 heterocycles. The molecule has 0 saturated heterocycles. The van der Waals surface area contributed by atoms with Crippen molar-refractivity contribution in [3.63, 3.8) is 0 Å². The van der Waals surface area contributed by atoms with Crippen LogP contribution in [0, 0.1) is 6.07 Å². The first-order chi connectivity index (χ1) is 11.8. The Bertz CT molecular complexity index is 745. The molecule has 1 atom stereocenters. The molecule has 1 nitrogen and oxygen atoms in total. The number of alkyl halides is 1. The summed E-state index contributed by atoms with van der Waals surface area (Å²) in [5.41, 5.74) is 4.77. The molecule has 1 aliphatic carbocycles.